The van der Waals surface area contributed by atoms with Gasteiger partial charge in [0.25, 0.3) is 0 Å². The lowest BCUT2D eigenvalue weighted by Gasteiger charge is -1.98. The topological polar surface area (TPSA) is 40.7 Å². The molecule has 2 aromatic rings. The molecule has 0 saturated carbocycles. The van der Waals surface area contributed by atoms with E-state index in [0.717, 1.165) is 24.5 Å². The lowest BCUT2D eigenvalue weighted by Crippen LogP contribution is -1.94. The third kappa shape index (κ3) is 1.02. The molecule has 0 spiro atoms. The van der Waals surface area contributed by atoms with Gasteiger partial charge in [-0.1, -0.05) is 30.3 Å². The van der Waals surface area contributed by atoms with Gasteiger partial charge in [0, 0.05) is 12.1 Å². The molecule has 1 aliphatic rings. The van der Waals surface area contributed by atoms with Gasteiger partial charge < -0.3 is 5.32 Å². The van der Waals surface area contributed by atoms with E-state index in [1.54, 1.807) is 0 Å². The number of H-pyrrole nitrogens is 1. The highest BCUT2D eigenvalue weighted by Gasteiger charge is 2.18. The Balaban J connectivity index is 2.13. The van der Waals surface area contributed by atoms with Crippen molar-refractivity contribution in [2.75, 3.05) is 11.9 Å². The number of nitrogens with zero attached hydrogens (tertiary/aromatic N) is 1. The van der Waals surface area contributed by atoms with Crippen LogP contribution in [-0.2, 0) is 6.42 Å². The summed E-state index contributed by atoms with van der Waals surface area (Å²) in [5.41, 5.74) is 3.69. The second-order valence-corrected chi connectivity index (χ2v) is 3.47. The van der Waals surface area contributed by atoms with Gasteiger partial charge in [-0.05, 0) is 12.0 Å². The molecule has 0 radical (unpaired) electrons. The Morgan fingerprint density at radius 3 is 2.86 bits per heavy atom. The van der Waals surface area contributed by atoms with Gasteiger partial charge in [-0.15, -0.1) is 0 Å². The summed E-state index contributed by atoms with van der Waals surface area (Å²) in [5, 5.41) is 10.6. The molecule has 0 saturated heterocycles. The number of aromatic nitrogens is 2. The summed E-state index contributed by atoms with van der Waals surface area (Å²) in [4.78, 5) is 0. The summed E-state index contributed by atoms with van der Waals surface area (Å²) in [6.07, 6.45) is 1.07. The van der Waals surface area contributed by atoms with E-state index < -0.39 is 0 Å². The number of nitrogens with one attached hydrogen (secondary N) is 2. The third-order valence-electron chi connectivity index (χ3n) is 2.60. The summed E-state index contributed by atoms with van der Waals surface area (Å²) >= 11 is 0. The first-order valence-corrected chi connectivity index (χ1v) is 4.82. The second kappa shape index (κ2) is 2.87. The molecule has 1 aliphatic heterocycles. The number of benzene rings is 1. The van der Waals surface area contributed by atoms with E-state index in [2.05, 4.69) is 27.6 Å². The largest absolute Gasteiger partial charge is 0.368 e. The van der Waals surface area contributed by atoms with E-state index in [9.17, 15) is 0 Å². The van der Waals surface area contributed by atoms with Gasteiger partial charge in [0.2, 0.25) is 0 Å². The average molecular weight is 185 g/mol. The van der Waals surface area contributed by atoms with Crippen LogP contribution in [0.25, 0.3) is 11.3 Å². The quantitative estimate of drug-likeness (QED) is 0.713. The van der Waals surface area contributed by atoms with Crippen molar-refractivity contribution in [3.63, 3.8) is 0 Å². The highest BCUT2D eigenvalue weighted by molar-refractivity contribution is 5.70. The van der Waals surface area contributed by atoms with Crippen LogP contribution in [0, 0.1) is 0 Å². The van der Waals surface area contributed by atoms with Gasteiger partial charge in [0.1, 0.15) is 0 Å². The van der Waals surface area contributed by atoms with Crippen molar-refractivity contribution in [3.8, 4) is 11.3 Å². The highest BCUT2D eigenvalue weighted by Crippen LogP contribution is 2.29. The van der Waals surface area contributed by atoms with Gasteiger partial charge in [-0.25, -0.2) is 0 Å². The summed E-state index contributed by atoms with van der Waals surface area (Å²) in [6, 6.07) is 10.3. The number of rotatable bonds is 1. The maximum absolute atomic E-state index is 4.24. The van der Waals surface area contributed by atoms with E-state index in [-0.39, 0.29) is 0 Å². The van der Waals surface area contributed by atoms with E-state index >= 15 is 0 Å². The fourth-order valence-corrected chi connectivity index (χ4v) is 1.90. The van der Waals surface area contributed by atoms with Crippen LogP contribution in [0.3, 0.4) is 0 Å². The highest BCUT2D eigenvalue weighted by atomic mass is 15.2. The van der Waals surface area contributed by atoms with Gasteiger partial charge in [-0.3, -0.25) is 5.10 Å². The molecule has 0 unspecified atom stereocenters. The molecule has 0 amide bonds. The predicted octanol–water partition coefficient (Wildman–Crippen LogP) is 2.04. The molecule has 0 fully saturated rings. The maximum atomic E-state index is 4.24. The molecule has 3 rings (SSSR count). The van der Waals surface area contributed by atoms with Crippen molar-refractivity contribution in [2.24, 2.45) is 0 Å². The zero-order chi connectivity index (χ0) is 9.38. The molecular formula is C11H11N3. The van der Waals surface area contributed by atoms with Crippen molar-refractivity contribution in [3.05, 3.63) is 35.9 Å². The molecule has 0 atom stereocenters. The molecule has 1 aromatic carbocycles. The molecule has 0 bridgehead atoms. The van der Waals surface area contributed by atoms with Crippen LogP contribution in [0.4, 0.5) is 5.82 Å². The van der Waals surface area contributed by atoms with Crippen molar-refractivity contribution in [1.82, 2.24) is 10.2 Å². The van der Waals surface area contributed by atoms with Gasteiger partial charge >= 0.3 is 0 Å². The fraction of sp³-hybridized carbons (Fsp3) is 0.182. The lowest BCUT2D eigenvalue weighted by molar-refractivity contribution is 1.04. The van der Waals surface area contributed by atoms with E-state index in [1.807, 2.05) is 18.2 Å². The Morgan fingerprint density at radius 2 is 2.00 bits per heavy atom. The molecule has 0 aliphatic carbocycles. The van der Waals surface area contributed by atoms with Crippen molar-refractivity contribution in [1.29, 1.82) is 0 Å². The van der Waals surface area contributed by atoms with E-state index in [1.165, 1.54) is 11.1 Å². The number of hydrogen-bond donors (Lipinski definition) is 2. The summed E-state index contributed by atoms with van der Waals surface area (Å²) in [7, 11) is 0. The monoisotopic (exact) mass is 185 g/mol. The Hall–Kier alpha value is -1.77. The van der Waals surface area contributed by atoms with Crippen molar-refractivity contribution >= 4 is 5.82 Å². The molecule has 2 N–H and O–H groups in total. The zero-order valence-electron chi connectivity index (χ0n) is 7.75. The zero-order valence-corrected chi connectivity index (χ0v) is 7.75. The minimum atomic E-state index is 1.01. The maximum Gasteiger partial charge on any atom is 0.151 e. The smallest absolute Gasteiger partial charge is 0.151 e. The molecular weight excluding hydrogens is 174 g/mol. The Bertz CT molecular complexity index is 445. The van der Waals surface area contributed by atoms with E-state index in [4.69, 9.17) is 0 Å². The van der Waals surface area contributed by atoms with Crippen LogP contribution in [0.2, 0.25) is 0 Å². The molecule has 14 heavy (non-hydrogen) atoms. The number of aromatic amines is 1. The first kappa shape index (κ1) is 7.62. The van der Waals surface area contributed by atoms with Crippen LogP contribution in [0.1, 0.15) is 5.56 Å². The fourth-order valence-electron chi connectivity index (χ4n) is 1.90. The van der Waals surface area contributed by atoms with Crippen LogP contribution < -0.4 is 5.32 Å². The standard InChI is InChI=1S/C11H11N3/c1-2-4-8(5-3-1)10-9-6-7-12-11(9)14-13-10/h1-5H,6-7H2,(H2,12,13,14). The SMILES string of the molecule is c1ccc(-c2[nH]nc3c2CCN3)cc1. The minimum absolute atomic E-state index is 1.01. The molecule has 3 nitrogen and oxygen atoms in total. The Labute approximate surface area is 82.2 Å². The first-order chi connectivity index (χ1) is 6.95. The molecule has 2 heterocycles. The van der Waals surface area contributed by atoms with E-state index in [0.29, 0.717) is 0 Å². The third-order valence-corrected chi connectivity index (χ3v) is 2.60. The van der Waals surface area contributed by atoms with Gasteiger partial charge in [0.15, 0.2) is 5.82 Å². The minimum Gasteiger partial charge on any atom is -0.368 e. The Morgan fingerprint density at radius 1 is 1.14 bits per heavy atom. The van der Waals surface area contributed by atoms with Crippen LogP contribution in [0.15, 0.2) is 30.3 Å². The normalized spacial score (nSPS) is 13.7. The van der Waals surface area contributed by atoms with Crippen LogP contribution >= 0.6 is 0 Å². The van der Waals surface area contributed by atoms with Crippen molar-refractivity contribution < 1.29 is 0 Å². The number of fused-ring (bicyclic) bond motifs is 1. The predicted molar refractivity (Wildman–Crippen MR) is 56.2 cm³/mol. The first-order valence-electron chi connectivity index (χ1n) is 4.82. The summed E-state index contributed by atoms with van der Waals surface area (Å²) < 4.78 is 0. The van der Waals surface area contributed by atoms with Gasteiger partial charge in [0.05, 0.1) is 5.69 Å². The van der Waals surface area contributed by atoms with Crippen LogP contribution in [-0.4, -0.2) is 16.7 Å². The molecule has 1 aromatic heterocycles. The molecule has 70 valence electrons. The average Bonchev–Trinajstić information content (AvgIpc) is 2.79. The summed E-state index contributed by atoms with van der Waals surface area (Å²) in [5.74, 6) is 1.02. The Kier molecular flexibility index (Phi) is 1.56. The van der Waals surface area contributed by atoms with Crippen molar-refractivity contribution in [2.45, 2.75) is 6.42 Å². The summed E-state index contributed by atoms with van der Waals surface area (Å²) in [6.45, 7) is 1.01. The lowest BCUT2D eigenvalue weighted by atomic mass is 10.1. The number of anilines is 1. The molecule has 3 heteroatoms. The van der Waals surface area contributed by atoms with Gasteiger partial charge in [-0.2, -0.15) is 5.10 Å². The van der Waals surface area contributed by atoms with Crippen LogP contribution in [0.5, 0.6) is 0 Å². The second-order valence-electron chi connectivity index (χ2n) is 3.47. The number of hydrogen-bond acceptors (Lipinski definition) is 2.